The summed E-state index contributed by atoms with van der Waals surface area (Å²) in [4.78, 5) is 0. The molecule has 0 bridgehead atoms. The number of hydrogen-bond acceptors (Lipinski definition) is 4. The van der Waals surface area contributed by atoms with E-state index in [1.807, 2.05) is 6.07 Å². The Morgan fingerprint density at radius 2 is 1.95 bits per heavy atom. The number of benzene rings is 1. The topological polar surface area (TPSA) is 56.5 Å². The predicted molar refractivity (Wildman–Crippen MR) is 86.7 cm³/mol. The van der Waals surface area contributed by atoms with Crippen LogP contribution in [0.3, 0.4) is 0 Å². The zero-order valence-electron chi connectivity index (χ0n) is 12.2. The molecule has 1 unspecified atom stereocenters. The van der Waals surface area contributed by atoms with Crippen molar-refractivity contribution >= 4 is 15.9 Å². The smallest absolute Gasteiger partial charge is 0.231 e. The van der Waals surface area contributed by atoms with Gasteiger partial charge in [0.2, 0.25) is 6.79 Å². The van der Waals surface area contributed by atoms with Crippen LogP contribution >= 0.6 is 15.9 Å². The Labute approximate surface area is 134 Å². The SMILES string of the molecule is NCC(NC1CCCCCC1)c1cc(Br)c2c(c1)OCO2. The zero-order chi connectivity index (χ0) is 14.7. The van der Waals surface area contributed by atoms with Crippen LogP contribution in [0.25, 0.3) is 0 Å². The third-order valence-corrected chi connectivity index (χ3v) is 4.97. The van der Waals surface area contributed by atoms with Crippen LogP contribution in [0.4, 0.5) is 0 Å². The normalized spacial score (nSPS) is 20.3. The highest BCUT2D eigenvalue weighted by Gasteiger charge is 2.23. The molecule has 5 heteroatoms. The summed E-state index contributed by atoms with van der Waals surface area (Å²) in [5.74, 6) is 1.60. The highest BCUT2D eigenvalue weighted by molar-refractivity contribution is 9.10. The van der Waals surface area contributed by atoms with E-state index in [4.69, 9.17) is 15.2 Å². The van der Waals surface area contributed by atoms with Crippen molar-refractivity contribution in [1.82, 2.24) is 5.32 Å². The lowest BCUT2D eigenvalue weighted by Crippen LogP contribution is -2.36. The van der Waals surface area contributed by atoms with E-state index >= 15 is 0 Å². The molecule has 2 aliphatic rings. The average molecular weight is 355 g/mol. The second kappa shape index (κ2) is 6.99. The molecule has 1 atom stereocenters. The number of ether oxygens (including phenoxy) is 2. The third-order valence-electron chi connectivity index (χ3n) is 4.38. The van der Waals surface area contributed by atoms with Crippen LogP contribution < -0.4 is 20.5 Å². The van der Waals surface area contributed by atoms with Gasteiger partial charge in [-0.25, -0.2) is 0 Å². The van der Waals surface area contributed by atoms with Gasteiger partial charge in [-0.2, -0.15) is 0 Å². The molecule has 1 heterocycles. The quantitative estimate of drug-likeness (QED) is 0.812. The van der Waals surface area contributed by atoms with Crippen molar-refractivity contribution in [3.05, 3.63) is 22.2 Å². The summed E-state index contributed by atoms with van der Waals surface area (Å²) in [6.07, 6.45) is 7.87. The molecule has 116 valence electrons. The van der Waals surface area contributed by atoms with E-state index in [2.05, 4.69) is 27.3 Å². The van der Waals surface area contributed by atoms with Crippen LogP contribution in [0.15, 0.2) is 16.6 Å². The molecule has 21 heavy (non-hydrogen) atoms. The van der Waals surface area contributed by atoms with Gasteiger partial charge in [0.15, 0.2) is 11.5 Å². The van der Waals surface area contributed by atoms with E-state index in [-0.39, 0.29) is 6.04 Å². The summed E-state index contributed by atoms with van der Waals surface area (Å²) in [6, 6.07) is 4.88. The number of rotatable bonds is 4. The van der Waals surface area contributed by atoms with Gasteiger partial charge in [0, 0.05) is 18.6 Å². The fraction of sp³-hybridized carbons (Fsp3) is 0.625. The molecule has 0 amide bonds. The average Bonchev–Trinajstić information content (AvgIpc) is 2.82. The van der Waals surface area contributed by atoms with Crippen LogP contribution in [0.5, 0.6) is 11.5 Å². The Morgan fingerprint density at radius 3 is 2.67 bits per heavy atom. The molecule has 0 aromatic heterocycles. The number of fused-ring (bicyclic) bond motifs is 1. The van der Waals surface area contributed by atoms with Crippen LogP contribution in [-0.4, -0.2) is 19.4 Å². The molecule has 3 rings (SSSR count). The second-order valence-corrected chi connectivity index (χ2v) is 6.73. The zero-order valence-corrected chi connectivity index (χ0v) is 13.8. The molecule has 0 saturated heterocycles. The molecule has 0 spiro atoms. The number of nitrogens with two attached hydrogens (primary N) is 1. The Kier molecular flexibility index (Phi) is 5.03. The fourth-order valence-corrected chi connectivity index (χ4v) is 3.79. The largest absolute Gasteiger partial charge is 0.454 e. The summed E-state index contributed by atoms with van der Waals surface area (Å²) in [6.45, 7) is 0.878. The van der Waals surface area contributed by atoms with Crippen molar-refractivity contribution in [3.8, 4) is 11.5 Å². The van der Waals surface area contributed by atoms with Crippen molar-refractivity contribution in [3.63, 3.8) is 0 Å². The summed E-state index contributed by atoms with van der Waals surface area (Å²) in [5, 5.41) is 3.74. The predicted octanol–water partition coefficient (Wildman–Crippen LogP) is 3.49. The molecular formula is C16H23BrN2O2. The van der Waals surface area contributed by atoms with E-state index in [0.717, 1.165) is 21.5 Å². The first-order valence-corrected chi connectivity index (χ1v) is 8.62. The minimum Gasteiger partial charge on any atom is -0.454 e. The van der Waals surface area contributed by atoms with Gasteiger partial charge < -0.3 is 20.5 Å². The minimum atomic E-state index is 0.166. The maximum absolute atomic E-state index is 6.01. The molecule has 1 saturated carbocycles. The first-order chi connectivity index (χ1) is 10.3. The van der Waals surface area contributed by atoms with Crippen molar-refractivity contribution in [2.45, 2.75) is 50.6 Å². The monoisotopic (exact) mass is 354 g/mol. The molecule has 1 aromatic rings. The molecule has 1 aliphatic carbocycles. The highest BCUT2D eigenvalue weighted by atomic mass is 79.9. The number of hydrogen-bond donors (Lipinski definition) is 2. The van der Waals surface area contributed by atoms with Crippen LogP contribution in [0, 0.1) is 0 Å². The molecule has 1 aromatic carbocycles. The van der Waals surface area contributed by atoms with Crippen LogP contribution in [0.1, 0.15) is 50.1 Å². The Hall–Kier alpha value is -0.780. The summed E-state index contributed by atoms with van der Waals surface area (Å²) >= 11 is 3.56. The maximum Gasteiger partial charge on any atom is 0.231 e. The van der Waals surface area contributed by atoms with Crippen molar-refractivity contribution < 1.29 is 9.47 Å². The molecule has 3 N–H and O–H groups in total. The van der Waals surface area contributed by atoms with Gasteiger partial charge in [-0.3, -0.25) is 0 Å². The van der Waals surface area contributed by atoms with Crippen molar-refractivity contribution in [1.29, 1.82) is 0 Å². The van der Waals surface area contributed by atoms with E-state index in [9.17, 15) is 0 Å². The second-order valence-electron chi connectivity index (χ2n) is 5.88. The van der Waals surface area contributed by atoms with E-state index in [1.54, 1.807) is 0 Å². The Bertz CT molecular complexity index is 487. The minimum absolute atomic E-state index is 0.166. The summed E-state index contributed by atoms with van der Waals surface area (Å²) in [7, 11) is 0. The molecule has 1 fully saturated rings. The molecule has 4 nitrogen and oxygen atoms in total. The highest BCUT2D eigenvalue weighted by Crippen LogP contribution is 2.41. The van der Waals surface area contributed by atoms with Crippen molar-refractivity contribution in [2.24, 2.45) is 5.73 Å². The van der Waals surface area contributed by atoms with Gasteiger partial charge in [0.25, 0.3) is 0 Å². The maximum atomic E-state index is 6.01. The molecule has 0 radical (unpaired) electrons. The Balaban J connectivity index is 1.75. The lowest BCUT2D eigenvalue weighted by Gasteiger charge is -2.24. The lowest BCUT2D eigenvalue weighted by atomic mass is 10.0. The van der Waals surface area contributed by atoms with Gasteiger partial charge in [0.05, 0.1) is 4.47 Å². The fourth-order valence-electron chi connectivity index (χ4n) is 3.22. The van der Waals surface area contributed by atoms with Gasteiger partial charge >= 0.3 is 0 Å². The number of nitrogens with one attached hydrogen (secondary N) is 1. The van der Waals surface area contributed by atoms with Crippen molar-refractivity contribution in [2.75, 3.05) is 13.3 Å². The van der Waals surface area contributed by atoms with Gasteiger partial charge in [-0.05, 0) is 46.5 Å². The van der Waals surface area contributed by atoms with Gasteiger partial charge in [0.1, 0.15) is 0 Å². The number of halogens is 1. The molecule has 1 aliphatic heterocycles. The van der Waals surface area contributed by atoms with Gasteiger partial charge in [-0.15, -0.1) is 0 Å². The summed E-state index contributed by atoms with van der Waals surface area (Å²) in [5.41, 5.74) is 7.17. The van der Waals surface area contributed by atoms with Crippen LogP contribution in [0.2, 0.25) is 0 Å². The van der Waals surface area contributed by atoms with Crippen LogP contribution in [-0.2, 0) is 0 Å². The van der Waals surface area contributed by atoms with E-state index in [0.29, 0.717) is 19.4 Å². The first kappa shape index (κ1) is 15.1. The Morgan fingerprint density at radius 1 is 1.19 bits per heavy atom. The summed E-state index contributed by atoms with van der Waals surface area (Å²) < 4.78 is 11.9. The van der Waals surface area contributed by atoms with Gasteiger partial charge in [-0.1, -0.05) is 25.7 Å². The molecular weight excluding hydrogens is 332 g/mol. The third kappa shape index (κ3) is 3.52. The standard InChI is InChI=1S/C16H23BrN2O2/c17-13-7-11(8-15-16(13)21-10-20-15)14(9-18)19-12-5-3-1-2-4-6-12/h7-8,12,14,19H,1-6,9-10,18H2. The van der Waals surface area contributed by atoms with E-state index in [1.165, 1.54) is 38.5 Å². The first-order valence-electron chi connectivity index (χ1n) is 7.83. The van der Waals surface area contributed by atoms with E-state index < -0.39 is 0 Å². The lowest BCUT2D eigenvalue weighted by molar-refractivity contribution is 0.173.